The van der Waals surface area contributed by atoms with Gasteiger partial charge < -0.3 is 10.2 Å². The first-order chi connectivity index (χ1) is 9.86. The average Bonchev–Trinajstić information content (AvgIpc) is 2.45. The molecule has 1 aliphatic rings. The Bertz CT molecular complexity index is 525. The number of benzene rings is 1. The lowest BCUT2D eigenvalue weighted by Crippen LogP contribution is -2.70. The molecule has 1 aliphatic heterocycles. The Labute approximate surface area is 126 Å². The van der Waals surface area contributed by atoms with Gasteiger partial charge in [-0.05, 0) is 32.8 Å². The van der Waals surface area contributed by atoms with E-state index in [1.54, 1.807) is 18.7 Å². The molecule has 4 nitrogen and oxygen atoms in total. The van der Waals surface area contributed by atoms with E-state index >= 15 is 0 Å². The van der Waals surface area contributed by atoms with Crippen LogP contribution in [-0.2, 0) is 16.0 Å². The van der Waals surface area contributed by atoms with Crippen LogP contribution in [-0.4, -0.2) is 34.3 Å². The maximum Gasteiger partial charge on any atom is 0.248 e. The molecule has 2 amide bonds. The summed E-state index contributed by atoms with van der Waals surface area (Å²) >= 11 is 0. The van der Waals surface area contributed by atoms with Gasteiger partial charge in [0.1, 0.15) is 11.6 Å². The second-order valence-corrected chi connectivity index (χ2v) is 6.29. The van der Waals surface area contributed by atoms with E-state index in [2.05, 4.69) is 5.32 Å². The van der Waals surface area contributed by atoms with Gasteiger partial charge in [-0.15, -0.1) is 0 Å². The maximum atomic E-state index is 12.7. The molecule has 1 fully saturated rings. The van der Waals surface area contributed by atoms with E-state index in [4.69, 9.17) is 0 Å². The highest BCUT2D eigenvalue weighted by molar-refractivity contribution is 5.99. The van der Waals surface area contributed by atoms with Crippen molar-refractivity contribution in [1.29, 1.82) is 0 Å². The fourth-order valence-corrected chi connectivity index (χ4v) is 2.77. The van der Waals surface area contributed by atoms with Crippen molar-refractivity contribution in [3.05, 3.63) is 35.9 Å². The number of hydrogen-bond acceptors (Lipinski definition) is 2. The number of amides is 2. The molecule has 1 saturated heterocycles. The Morgan fingerprint density at radius 3 is 2.43 bits per heavy atom. The van der Waals surface area contributed by atoms with Gasteiger partial charge in [0.05, 0.1) is 0 Å². The van der Waals surface area contributed by atoms with Gasteiger partial charge in [-0.3, -0.25) is 9.59 Å². The number of carbonyl (C=O) groups is 2. The summed E-state index contributed by atoms with van der Waals surface area (Å²) < 4.78 is 0. The van der Waals surface area contributed by atoms with Crippen LogP contribution in [0.25, 0.3) is 0 Å². The average molecular weight is 288 g/mol. The third-order valence-corrected chi connectivity index (χ3v) is 4.18. The quantitative estimate of drug-likeness (QED) is 0.922. The van der Waals surface area contributed by atoms with Crippen molar-refractivity contribution in [2.45, 2.75) is 58.2 Å². The molecule has 0 bridgehead atoms. The van der Waals surface area contributed by atoms with Gasteiger partial charge in [-0.2, -0.15) is 0 Å². The van der Waals surface area contributed by atoms with Crippen LogP contribution in [0.15, 0.2) is 30.3 Å². The summed E-state index contributed by atoms with van der Waals surface area (Å²) in [6, 6.07) is 9.47. The first kappa shape index (κ1) is 15.5. The van der Waals surface area contributed by atoms with E-state index < -0.39 is 11.6 Å². The summed E-state index contributed by atoms with van der Waals surface area (Å²) in [6.45, 7) is 7.57. The number of rotatable bonds is 4. The maximum absolute atomic E-state index is 12.7. The van der Waals surface area contributed by atoms with Gasteiger partial charge in [-0.1, -0.05) is 37.3 Å². The van der Waals surface area contributed by atoms with Gasteiger partial charge in [-0.25, -0.2) is 0 Å². The summed E-state index contributed by atoms with van der Waals surface area (Å²) in [4.78, 5) is 27.0. The lowest BCUT2D eigenvalue weighted by molar-refractivity contribution is -0.156. The number of hydrogen-bond donors (Lipinski definition) is 1. The van der Waals surface area contributed by atoms with Crippen LogP contribution in [0, 0.1) is 0 Å². The van der Waals surface area contributed by atoms with E-state index in [1.165, 1.54) is 0 Å². The topological polar surface area (TPSA) is 49.4 Å². The molecule has 1 aromatic carbocycles. The van der Waals surface area contributed by atoms with Gasteiger partial charge in [0, 0.05) is 12.5 Å². The monoisotopic (exact) mass is 288 g/mol. The second kappa shape index (κ2) is 5.88. The Morgan fingerprint density at radius 2 is 1.86 bits per heavy atom. The predicted molar refractivity (Wildman–Crippen MR) is 82.8 cm³/mol. The number of nitrogens with one attached hydrogen (secondary N) is 1. The van der Waals surface area contributed by atoms with Crippen LogP contribution in [0.3, 0.4) is 0 Å². The van der Waals surface area contributed by atoms with Gasteiger partial charge in [0.2, 0.25) is 11.8 Å². The highest BCUT2D eigenvalue weighted by Gasteiger charge is 2.46. The Balaban J connectivity index is 2.32. The molecule has 0 spiro atoms. The van der Waals surface area contributed by atoms with E-state index in [0.717, 1.165) is 12.0 Å². The molecule has 4 heteroatoms. The largest absolute Gasteiger partial charge is 0.340 e. The molecule has 0 saturated carbocycles. The molecule has 0 radical (unpaired) electrons. The summed E-state index contributed by atoms with van der Waals surface area (Å²) in [5.74, 6) is -0.0684. The fraction of sp³-hybridized carbons (Fsp3) is 0.529. The first-order valence-corrected chi connectivity index (χ1v) is 7.55. The van der Waals surface area contributed by atoms with Crippen LogP contribution in [0.5, 0.6) is 0 Å². The summed E-state index contributed by atoms with van der Waals surface area (Å²) in [7, 11) is 0. The van der Waals surface area contributed by atoms with Crippen molar-refractivity contribution in [1.82, 2.24) is 10.2 Å². The predicted octanol–water partition coefficient (Wildman–Crippen LogP) is 2.13. The zero-order valence-corrected chi connectivity index (χ0v) is 13.2. The summed E-state index contributed by atoms with van der Waals surface area (Å²) in [6.07, 6.45) is 1.39. The third kappa shape index (κ3) is 3.09. The van der Waals surface area contributed by atoms with Crippen LogP contribution < -0.4 is 5.32 Å². The van der Waals surface area contributed by atoms with E-state index in [-0.39, 0.29) is 17.9 Å². The minimum Gasteiger partial charge on any atom is -0.340 e. The van der Waals surface area contributed by atoms with Crippen molar-refractivity contribution in [3.63, 3.8) is 0 Å². The lowest BCUT2D eigenvalue weighted by atomic mass is 9.91. The third-order valence-electron chi connectivity index (χ3n) is 4.18. The second-order valence-electron chi connectivity index (χ2n) is 6.29. The highest BCUT2D eigenvalue weighted by Crippen LogP contribution is 2.24. The van der Waals surface area contributed by atoms with Crippen LogP contribution in [0.1, 0.15) is 39.7 Å². The van der Waals surface area contributed by atoms with E-state index in [1.807, 2.05) is 44.2 Å². The number of carbonyl (C=O) groups excluding carboxylic acids is 2. The minimum atomic E-state index is -0.826. The molecular weight excluding hydrogens is 264 g/mol. The molecule has 1 heterocycles. The Hall–Kier alpha value is -1.84. The molecule has 0 aliphatic carbocycles. The van der Waals surface area contributed by atoms with E-state index in [0.29, 0.717) is 6.42 Å². The van der Waals surface area contributed by atoms with Crippen LogP contribution in [0.4, 0.5) is 0 Å². The lowest BCUT2D eigenvalue weighted by Gasteiger charge is -2.45. The molecule has 2 atom stereocenters. The summed E-state index contributed by atoms with van der Waals surface area (Å²) in [5.41, 5.74) is 0.242. The smallest absolute Gasteiger partial charge is 0.248 e. The van der Waals surface area contributed by atoms with Crippen molar-refractivity contribution < 1.29 is 9.59 Å². The first-order valence-electron chi connectivity index (χ1n) is 7.55. The van der Waals surface area contributed by atoms with Gasteiger partial charge in [0.15, 0.2) is 0 Å². The molecule has 1 N–H and O–H groups in total. The molecule has 114 valence electrons. The van der Waals surface area contributed by atoms with Gasteiger partial charge >= 0.3 is 0 Å². The molecule has 0 aromatic heterocycles. The zero-order chi connectivity index (χ0) is 15.6. The SMILES string of the molecule is CCC(C)N1C(=O)C(C)(C)NC(=O)C1Cc1ccccc1. The Morgan fingerprint density at radius 1 is 1.24 bits per heavy atom. The number of piperazine rings is 1. The van der Waals surface area contributed by atoms with Gasteiger partial charge in [0.25, 0.3) is 0 Å². The fourth-order valence-electron chi connectivity index (χ4n) is 2.77. The minimum absolute atomic E-state index is 0.00242. The molecule has 2 rings (SSSR count). The standard InChI is InChI=1S/C17H24N2O2/c1-5-12(2)19-14(11-13-9-7-6-8-10-13)15(20)18-17(3,4)16(19)21/h6-10,12,14H,5,11H2,1-4H3,(H,18,20). The molecule has 1 aromatic rings. The highest BCUT2D eigenvalue weighted by atomic mass is 16.2. The normalized spacial score (nSPS) is 22.9. The molecular formula is C17H24N2O2. The van der Waals surface area contributed by atoms with Crippen molar-refractivity contribution in [2.75, 3.05) is 0 Å². The Kier molecular flexibility index (Phi) is 4.35. The van der Waals surface area contributed by atoms with Crippen LogP contribution in [0.2, 0.25) is 0 Å². The van der Waals surface area contributed by atoms with Crippen molar-refractivity contribution >= 4 is 11.8 Å². The number of nitrogens with zero attached hydrogens (tertiary/aromatic N) is 1. The van der Waals surface area contributed by atoms with Crippen molar-refractivity contribution in [3.8, 4) is 0 Å². The van der Waals surface area contributed by atoms with Crippen molar-refractivity contribution in [2.24, 2.45) is 0 Å². The van der Waals surface area contributed by atoms with E-state index in [9.17, 15) is 9.59 Å². The molecule has 2 unspecified atom stereocenters. The summed E-state index contributed by atoms with van der Waals surface area (Å²) in [5, 5.41) is 2.85. The molecule has 21 heavy (non-hydrogen) atoms. The zero-order valence-electron chi connectivity index (χ0n) is 13.2. The van der Waals surface area contributed by atoms with Crippen LogP contribution >= 0.6 is 0 Å².